The Morgan fingerprint density at radius 2 is 2.07 bits per heavy atom. The number of aliphatic hydroxyl groups is 1. The molecule has 0 fully saturated rings. The Balaban J connectivity index is 2.87. The third kappa shape index (κ3) is 2.94. The lowest BCUT2D eigenvalue weighted by Gasteiger charge is -2.01. The third-order valence-electron chi connectivity index (χ3n) is 1.87. The van der Waals surface area contributed by atoms with Crippen LogP contribution in [0.2, 0.25) is 0 Å². The normalized spacial score (nSPS) is 8.57. The van der Waals surface area contributed by atoms with Crippen LogP contribution >= 0.6 is 0 Å². The molecule has 2 heteroatoms. The van der Waals surface area contributed by atoms with Crippen LogP contribution in [0.3, 0.4) is 0 Å². The number of nitrogens with zero attached hydrogens (tertiary/aromatic N) is 1. The molecule has 2 nitrogen and oxygen atoms in total. The average Bonchev–Trinajstić information content (AvgIpc) is 2.24. The number of nitriles is 1. The second kappa shape index (κ2) is 5.80. The van der Waals surface area contributed by atoms with Gasteiger partial charge in [-0.15, -0.1) is 0 Å². The Hall–Kier alpha value is -1.77. The van der Waals surface area contributed by atoms with E-state index in [0.29, 0.717) is 0 Å². The molecule has 1 aromatic rings. The van der Waals surface area contributed by atoms with Crippen molar-refractivity contribution in [2.24, 2.45) is 0 Å². The molecule has 0 amide bonds. The SMILES string of the molecule is N#CC#Cc1ccccc1CCCO. The van der Waals surface area contributed by atoms with Gasteiger partial charge in [-0.3, -0.25) is 0 Å². The van der Waals surface area contributed by atoms with Crippen LogP contribution in [0.5, 0.6) is 0 Å². The van der Waals surface area contributed by atoms with Crippen molar-refractivity contribution in [3.05, 3.63) is 35.4 Å². The van der Waals surface area contributed by atoms with Gasteiger partial charge in [0.1, 0.15) is 0 Å². The van der Waals surface area contributed by atoms with Gasteiger partial charge in [0.15, 0.2) is 6.07 Å². The highest BCUT2D eigenvalue weighted by Crippen LogP contribution is 2.09. The Bertz CT molecular complexity index is 393. The monoisotopic (exact) mass is 185 g/mol. The molecule has 1 aromatic carbocycles. The van der Waals surface area contributed by atoms with E-state index in [1.165, 1.54) is 0 Å². The van der Waals surface area contributed by atoms with Crippen LogP contribution in [-0.2, 0) is 6.42 Å². The summed E-state index contributed by atoms with van der Waals surface area (Å²) in [4.78, 5) is 0. The van der Waals surface area contributed by atoms with E-state index >= 15 is 0 Å². The summed E-state index contributed by atoms with van der Waals surface area (Å²) in [5.74, 6) is 5.15. The predicted octanol–water partition coefficient (Wildman–Crippen LogP) is 1.49. The summed E-state index contributed by atoms with van der Waals surface area (Å²) >= 11 is 0. The van der Waals surface area contributed by atoms with E-state index in [9.17, 15) is 0 Å². The molecule has 0 spiro atoms. The minimum atomic E-state index is 0.181. The number of hydrogen-bond acceptors (Lipinski definition) is 2. The third-order valence-corrected chi connectivity index (χ3v) is 1.87. The zero-order chi connectivity index (χ0) is 10.2. The van der Waals surface area contributed by atoms with Gasteiger partial charge in [-0.05, 0) is 24.5 Å². The van der Waals surface area contributed by atoms with Crippen molar-refractivity contribution in [2.75, 3.05) is 6.61 Å². The molecule has 1 rings (SSSR count). The maximum atomic E-state index is 8.71. The largest absolute Gasteiger partial charge is 0.396 e. The summed E-state index contributed by atoms with van der Waals surface area (Å²) in [6, 6.07) is 9.47. The smallest absolute Gasteiger partial charge is 0.152 e. The van der Waals surface area contributed by atoms with Gasteiger partial charge in [0.2, 0.25) is 0 Å². The zero-order valence-electron chi connectivity index (χ0n) is 7.83. The first kappa shape index (κ1) is 10.3. The molecule has 14 heavy (non-hydrogen) atoms. The Morgan fingerprint density at radius 3 is 2.79 bits per heavy atom. The van der Waals surface area contributed by atoms with Crippen LogP contribution in [0.1, 0.15) is 17.5 Å². The fourth-order valence-electron chi connectivity index (χ4n) is 1.23. The van der Waals surface area contributed by atoms with Crippen molar-refractivity contribution < 1.29 is 5.11 Å². The molecule has 0 aromatic heterocycles. The number of aliphatic hydroxyl groups excluding tert-OH is 1. The van der Waals surface area contributed by atoms with Crippen molar-refractivity contribution in [1.82, 2.24) is 0 Å². The highest BCUT2D eigenvalue weighted by molar-refractivity contribution is 5.43. The summed E-state index contributed by atoms with van der Waals surface area (Å²) in [6.07, 6.45) is 1.53. The van der Waals surface area contributed by atoms with Gasteiger partial charge < -0.3 is 5.11 Å². The van der Waals surface area contributed by atoms with E-state index in [0.717, 1.165) is 24.0 Å². The molecule has 0 aliphatic rings. The molecule has 0 bridgehead atoms. The van der Waals surface area contributed by atoms with Crippen LogP contribution in [0.15, 0.2) is 24.3 Å². The predicted molar refractivity (Wildman–Crippen MR) is 54.3 cm³/mol. The summed E-state index contributed by atoms with van der Waals surface area (Å²) in [7, 11) is 0. The molecule has 0 saturated heterocycles. The van der Waals surface area contributed by atoms with Crippen LogP contribution in [-0.4, -0.2) is 11.7 Å². The number of hydrogen-bond donors (Lipinski definition) is 1. The van der Waals surface area contributed by atoms with E-state index in [1.54, 1.807) is 6.07 Å². The molecule has 70 valence electrons. The van der Waals surface area contributed by atoms with Crippen molar-refractivity contribution in [3.8, 4) is 17.9 Å². The quantitative estimate of drug-likeness (QED) is 0.725. The van der Waals surface area contributed by atoms with Crippen LogP contribution in [0.25, 0.3) is 0 Å². The molecule has 0 aliphatic heterocycles. The first-order valence-electron chi connectivity index (χ1n) is 4.47. The van der Waals surface area contributed by atoms with Gasteiger partial charge in [0.05, 0.1) is 0 Å². The second-order valence-corrected chi connectivity index (χ2v) is 2.85. The molecule has 0 atom stereocenters. The molecule has 0 saturated carbocycles. The Morgan fingerprint density at radius 1 is 1.29 bits per heavy atom. The van der Waals surface area contributed by atoms with Crippen molar-refractivity contribution in [3.63, 3.8) is 0 Å². The molecule has 1 N–H and O–H groups in total. The van der Waals surface area contributed by atoms with Gasteiger partial charge in [0.25, 0.3) is 0 Å². The van der Waals surface area contributed by atoms with Gasteiger partial charge in [-0.1, -0.05) is 24.1 Å². The summed E-state index contributed by atoms with van der Waals surface area (Å²) < 4.78 is 0. The highest BCUT2D eigenvalue weighted by atomic mass is 16.2. The maximum Gasteiger partial charge on any atom is 0.152 e. The van der Waals surface area contributed by atoms with Crippen LogP contribution in [0.4, 0.5) is 0 Å². The first-order valence-corrected chi connectivity index (χ1v) is 4.47. The van der Waals surface area contributed by atoms with Gasteiger partial charge in [0, 0.05) is 18.1 Å². The summed E-state index contributed by atoms with van der Waals surface area (Å²) in [5.41, 5.74) is 1.96. The van der Waals surface area contributed by atoms with Crippen molar-refractivity contribution in [2.45, 2.75) is 12.8 Å². The molecule has 0 radical (unpaired) electrons. The fourth-order valence-corrected chi connectivity index (χ4v) is 1.23. The minimum Gasteiger partial charge on any atom is -0.396 e. The summed E-state index contributed by atoms with van der Waals surface area (Å²) in [5, 5.41) is 17.0. The van der Waals surface area contributed by atoms with E-state index in [2.05, 4.69) is 11.8 Å². The van der Waals surface area contributed by atoms with E-state index in [1.807, 2.05) is 24.3 Å². The standard InChI is InChI=1S/C12H11NO/c13-9-3-7-11-5-1-2-6-12(11)8-4-10-14/h1-2,5-6,14H,4,8,10H2. The molecule has 0 heterocycles. The molecular formula is C12H11NO. The number of aryl methyl sites for hydroxylation is 1. The lowest BCUT2D eigenvalue weighted by molar-refractivity contribution is 0.288. The van der Waals surface area contributed by atoms with Crippen molar-refractivity contribution >= 4 is 0 Å². The van der Waals surface area contributed by atoms with Gasteiger partial charge in [-0.25, -0.2) is 0 Å². The lowest BCUT2D eigenvalue weighted by atomic mass is 10.0. The molecule has 0 aliphatic carbocycles. The van der Waals surface area contributed by atoms with E-state index in [-0.39, 0.29) is 6.61 Å². The summed E-state index contributed by atoms with van der Waals surface area (Å²) in [6.45, 7) is 0.181. The van der Waals surface area contributed by atoms with Crippen molar-refractivity contribution in [1.29, 1.82) is 5.26 Å². The molecular weight excluding hydrogens is 174 g/mol. The minimum absolute atomic E-state index is 0.181. The average molecular weight is 185 g/mol. The number of rotatable bonds is 3. The highest BCUT2D eigenvalue weighted by Gasteiger charge is 1.97. The second-order valence-electron chi connectivity index (χ2n) is 2.85. The van der Waals surface area contributed by atoms with E-state index < -0.39 is 0 Å². The zero-order valence-corrected chi connectivity index (χ0v) is 7.83. The van der Waals surface area contributed by atoms with Gasteiger partial charge in [-0.2, -0.15) is 5.26 Å². The molecule has 0 unspecified atom stereocenters. The topological polar surface area (TPSA) is 44.0 Å². The first-order chi connectivity index (χ1) is 6.88. The van der Waals surface area contributed by atoms with Crippen LogP contribution in [0, 0.1) is 23.2 Å². The van der Waals surface area contributed by atoms with Gasteiger partial charge >= 0.3 is 0 Å². The fraction of sp³-hybridized carbons (Fsp3) is 0.250. The maximum absolute atomic E-state index is 8.71. The Labute approximate surface area is 83.8 Å². The van der Waals surface area contributed by atoms with E-state index in [4.69, 9.17) is 10.4 Å². The number of benzene rings is 1. The lowest BCUT2D eigenvalue weighted by Crippen LogP contribution is -1.92. The van der Waals surface area contributed by atoms with Crippen LogP contribution < -0.4 is 0 Å². The Kier molecular flexibility index (Phi) is 4.27.